The van der Waals surface area contributed by atoms with Crippen molar-refractivity contribution in [1.82, 2.24) is 0 Å². The fourth-order valence-corrected chi connectivity index (χ4v) is 2.26. The van der Waals surface area contributed by atoms with Crippen LogP contribution in [0, 0.1) is 0 Å². The van der Waals surface area contributed by atoms with Crippen molar-refractivity contribution < 1.29 is 0 Å². The average Bonchev–Trinajstić information content (AvgIpc) is 1.99. The molecule has 1 aromatic carbocycles. The molecule has 0 aromatic heterocycles. The Bertz CT molecular complexity index is 250. The Kier molecular flexibility index (Phi) is 3.76. The summed E-state index contributed by atoms with van der Waals surface area (Å²) in [4.78, 5) is 1.14. The highest BCUT2D eigenvalue weighted by atomic mass is 79.9. The topological polar surface area (TPSA) is 0 Å². The van der Waals surface area contributed by atoms with E-state index in [9.17, 15) is 0 Å². The highest BCUT2D eigenvalue weighted by Gasteiger charge is 2.01. The minimum absolute atomic E-state index is 0.819. The van der Waals surface area contributed by atoms with Gasteiger partial charge in [-0.15, -0.1) is 11.8 Å². The number of benzene rings is 1. The van der Waals surface area contributed by atoms with Crippen molar-refractivity contribution in [2.45, 2.75) is 11.8 Å². The molecule has 0 saturated carbocycles. The molecule has 60 valence electrons. The van der Waals surface area contributed by atoms with Gasteiger partial charge in [0.15, 0.2) is 0 Å². The van der Waals surface area contributed by atoms with Crippen LogP contribution in [0.25, 0.3) is 0 Å². The lowest BCUT2D eigenvalue weighted by Gasteiger charge is -2.02. The smallest absolute Gasteiger partial charge is 0.0683 e. The van der Waals surface area contributed by atoms with Crippen LogP contribution in [0.5, 0.6) is 0 Å². The van der Waals surface area contributed by atoms with Crippen molar-refractivity contribution in [2.24, 2.45) is 0 Å². The van der Waals surface area contributed by atoms with Crippen LogP contribution in [0.3, 0.4) is 0 Å². The summed E-state index contributed by atoms with van der Waals surface area (Å²) >= 11 is 11.1. The average molecular weight is 252 g/mol. The molecule has 0 atom stereocenters. The van der Waals surface area contributed by atoms with Crippen molar-refractivity contribution in [2.75, 3.05) is 5.75 Å². The lowest BCUT2D eigenvalue weighted by Crippen LogP contribution is -1.76. The van der Waals surface area contributed by atoms with Gasteiger partial charge in [-0.2, -0.15) is 0 Å². The van der Waals surface area contributed by atoms with Crippen molar-refractivity contribution in [1.29, 1.82) is 0 Å². The van der Waals surface area contributed by atoms with Crippen molar-refractivity contribution in [3.8, 4) is 0 Å². The molecule has 0 fully saturated rings. The second kappa shape index (κ2) is 4.39. The summed E-state index contributed by atoms with van der Waals surface area (Å²) in [7, 11) is 0. The standard InChI is InChI=1S/C8H8BrClS/c1-2-11-7-5-3-4-6(9)8(7)10/h3-5H,2H2,1H3. The third kappa shape index (κ3) is 2.39. The molecule has 1 rings (SSSR count). The van der Waals surface area contributed by atoms with Gasteiger partial charge in [0.05, 0.1) is 5.02 Å². The number of rotatable bonds is 2. The Balaban J connectivity index is 2.96. The molecule has 0 spiro atoms. The van der Waals surface area contributed by atoms with E-state index in [0.717, 1.165) is 20.1 Å². The van der Waals surface area contributed by atoms with E-state index < -0.39 is 0 Å². The third-order valence-electron chi connectivity index (χ3n) is 1.22. The Morgan fingerprint density at radius 3 is 2.91 bits per heavy atom. The fourth-order valence-electron chi connectivity index (χ4n) is 0.751. The summed E-state index contributed by atoms with van der Waals surface area (Å²) < 4.78 is 0.970. The molecule has 3 heteroatoms. The SMILES string of the molecule is CCSc1cccc(Br)c1Cl. The molecule has 11 heavy (non-hydrogen) atoms. The normalized spacial score (nSPS) is 10.1. The molecule has 0 saturated heterocycles. The van der Waals surface area contributed by atoms with Gasteiger partial charge >= 0.3 is 0 Å². The van der Waals surface area contributed by atoms with Crippen LogP contribution >= 0.6 is 39.3 Å². The number of halogens is 2. The fraction of sp³-hybridized carbons (Fsp3) is 0.250. The minimum atomic E-state index is 0.819. The van der Waals surface area contributed by atoms with E-state index in [1.54, 1.807) is 11.8 Å². The van der Waals surface area contributed by atoms with E-state index in [-0.39, 0.29) is 0 Å². The summed E-state index contributed by atoms with van der Waals surface area (Å²) in [5.41, 5.74) is 0. The van der Waals surface area contributed by atoms with Crippen LogP contribution in [0.2, 0.25) is 5.02 Å². The van der Waals surface area contributed by atoms with Gasteiger partial charge in [0.1, 0.15) is 0 Å². The number of hydrogen-bond donors (Lipinski definition) is 0. The zero-order chi connectivity index (χ0) is 8.27. The largest absolute Gasteiger partial charge is 0.125 e. The molecular weight excluding hydrogens is 244 g/mol. The second-order valence-corrected chi connectivity index (χ2v) is 4.52. The Morgan fingerprint density at radius 1 is 1.55 bits per heavy atom. The predicted octanol–water partition coefficient (Wildman–Crippen LogP) is 4.21. The van der Waals surface area contributed by atoms with Gasteiger partial charge in [0.25, 0.3) is 0 Å². The van der Waals surface area contributed by atoms with Crippen LogP contribution in [0.4, 0.5) is 0 Å². The molecule has 0 aliphatic rings. The first-order chi connectivity index (χ1) is 5.25. The molecule has 0 nitrogen and oxygen atoms in total. The van der Waals surface area contributed by atoms with Gasteiger partial charge in [0, 0.05) is 9.37 Å². The van der Waals surface area contributed by atoms with Gasteiger partial charge in [-0.05, 0) is 33.8 Å². The van der Waals surface area contributed by atoms with Crippen LogP contribution in [0.1, 0.15) is 6.92 Å². The zero-order valence-corrected chi connectivity index (χ0v) is 9.26. The van der Waals surface area contributed by atoms with Crippen LogP contribution < -0.4 is 0 Å². The molecule has 1 aromatic rings. The molecule has 0 unspecified atom stereocenters. The predicted molar refractivity (Wildman–Crippen MR) is 55.6 cm³/mol. The lowest BCUT2D eigenvalue weighted by molar-refractivity contribution is 1.41. The third-order valence-corrected chi connectivity index (χ3v) is 3.56. The Labute approximate surface area is 84.5 Å². The maximum atomic E-state index is 6.00. The highest BCUT2D eigenvalue weighted by molar-refractivity contribution is 9.10. The molecule has 0 aliphatic carbocycles. The second-order valence-electron chi connectivity index (χ2n) is 1.98. The van der Waals surface area contributed by atoms with Crippen LogP contribution in [-0.4, -0.2) is 5.75 Å². The maximum Gasteiger partial charge on any atom is 0.0683 e. The van der Waals surface area contributed by atoms with E-state index in [4.69, 9.17) is 11.6 Å². The van der Waals surface area contributed by atoms with E-state index in [1.807, 2.05) is 18.2 Å². The van der Waals surface area contributed by atoms with E-state index in [2.05, 4.69) is 22.9 Å². The molecule has 0 aliphatic heterocycles. The molecule has 0 radical (unpaired) electrons. The highest BCUT2D eigenvalue weighted by Crippen LogP contribution is 2.32. The van der Waals surface area contributed by atoms with Gasteiger partial charge < -0.3 is 0 Å². The Morgan fingerprint density at radius 2 is 2.27 bits per heavy atom. The summed E-state index contributed by atoms with van der Waals surface area (Å²) in [5, 5.41) is 0.819. The monoisotopic (exact) mass is 250 g/mol. The molecule has 0 heterocycles. The lowest BCUT2D eigenvalue weighted by atomic mass is 10.4. The summed E-state index contributed by atoms with van der Waals surface area (Å²) in [5.74, 6) is 1.05. The van der Waals surface area contributed by atoms with Gasteiger partial charge in [-0.3, -0.25) is 0 Å². The van der Waals surface area contributed by atoms with Crippen LogP contribution in [-0.2, 0) is 0 Å². The molecule has 0 amide bonds. The quantitative estimate of drug-likeness (QED) is 0.710. The van der Waals surface area contributed by atoms with E-state index in [1.165, 1.54) is 0 Å². The molecule has 0 bridgehead atoms. The van der Waals surface area contributed by atoms with Crippen LogP contribution in [0.15, 0.2) is 27.6 Å². The summed E-state index contributed by atoms with van der Waals surface area (Å²) in [6.07, 6.45) is 0. The number of thioether (sulfide) groups is 1. The van der Waals surface area contributed by atoms with Crippen molar-refractivity contribution in [3.05, 3.63) is 27.7 Å². The number of hydrogen-bond acceptors (Lipinski definition) is 1. The Hall–Kier alpha value is 0.340. The summed E-state index contributed by atoms with van der Waals surface area (Å²) in [6, 6.07) is 5.97. The van der Waals surface area contributed by atoms with Crippen molar-refractivity contribution >= 4 is 39.3 Å². The first-order valence-corrected chi connectivity index (χ1v) is 5.48. The zero-order valence-electron chi connectivity index (χ0n) is 6.10. The minimum Gasteiger partial charge on any atom is -0.125 e. The van der Waals surface area contributed by atoms with Gasteiger partial charge in [-0.1, -0.05) is 24.6 Å². The maximum absolute atomic E-state index is 6.00. The summed E-state index contributed by atoms with van der Waals surface area (Å²) in [6.45, 7) is 2.11. The van der Waals surface area contributed by atoms with E-state index >= 15 is 0 Å². The van der Waals surface area contributed by atoms with E-state index in [0.29, 0.717) is 0 Å². The van der Waals surface area contributed by atoms with Gasteiger partial charge in [-0.25, -0.2) is 0 Å². The van der Waals surface area contributed by atoms with Gasteiger partial charge in [0.2, 0.25) is 0 Å². The van der Waals surface area contributed by atoms with Crippen molar-refractivity contribution in [3.63, 3.8) is 0 Å². The molecular formula is C8H8BrClS. The first kappa shape index (κ1) is 9.43. The first-order valence-electron chi connectivity index (χ1n) is 3.32. The molecule has 0 N–H and O–H groups in total.